The van der Waals surface area contributed by atoms with Gasteiger partial charge >= 0.3 is 6.18 Å². The molecule has 13 heteroatoms. The number of halogens is 3. The molecular weight excluding hydrogens is 567 g/mol. The SMILES string of the molecule is NC1CCC(Nc2cc(Nc3ccc(S(=O)(=O)N4CCCC4)cc3)c3ncc(-c4ccc(C(F)(F)F)cc4)n3n2)CC1. The molecule has 0 atom stereocenters. The van der Waals surface area contributed by atoms with Crippen LogP contribution in [0.4, 0.5) is 30.4 Å². The molecule has 3 heterocycles. The monoisotopic (exact) mass is 599 g/mol. The number of hydrogen-bond donors (Lipinski definition) is 3. The number of anilines is 3. The van der Waals surface area contributed by atoms with E-state index in [1.54, 1.807) is 35.0 Å². The quantitative estimate of drug-likeness (QED) is 0.252. The third-order valence-electron chi connectivity index (χ3n) is 7.94. The topological polar surface area (TPSA) is 118 Å². The smallest absolute Gasteiger partial charge is 0.366 e. The third kappa shape index (κ3) is 5.81. The average Bonchev–Trinajstić information content (AvgIpc) is 3.66. The minimum absolute atomic E-state index is 0.177. The fourth-order valence-corrected chi connectivity index (χ4v) is 7.09. The Labute approximate surface area is 242 Å². The van der Waals surface area contributed by atoms with Crippen molar-refractivity contribution in [2.24, 2.45) is 5.73 Å². The molecule has 2 aromatic heterocycles. The van der Waals surface area contributed by atoms with Gasteiger partial charge in [0.25, 0.3) is 0 Å². The summed E-state index contributed by atoms with van der Waals surface area (Å²) in [4.78, 5) is 4.77. The summed E-state index contributed by atoms with van der Waals surface area (Å²) in [6, 6.07) is 13.7. The maximum absolute atomic E-state index is 13.2. The van der Waals surface area contributed by atoms with Gasteiger partial charge in [0.15, 0.2) is 5.65 Å². The molecule has 4 aromatic rings. The number of aromatic nitrogens is 3. The Bertz CT molecular complexity index is 1660. The molecule has 1 aliphatic carbocycles. The minimum atomic E-state index is -4.43. The molecule has 9 nitrogen and oxygen atoms in total. The lowest BCUT2D eigenvalue weighted by Crippen LogP contribution is -2.33. The van der Waals surface area contributed by atoms with Crippen molar-refractivity contribution >= 4 is 32.9 Å². The minimum Gasteiger partial charge on any atom is -0.366 e. The summed E-state index contributed by atoms with van der Waals surface area (Å²) in [6.07, 6.45) is 2.46. The number of nitrogens with two attached hydrogens (primary N) is 1. The van der Waals surface area contributed by atoms with Crippen LogP contribution in [0.25, 0.3) is 16.9 Å². The zero-order valence-corrected chi connectivity index (χ0v) is 23.6. The van der Waals surface area contributed by atoms with Crippen LogP contribution in [-0.2, 0) is 16.2 Å². The molecule has 1 saturated heterocycles. The van der Waals surface area contributed by atoms with E-state index in [0.29, 0.717) is 47.2 Å². The van der Waals surface area contributed by atoms with Crippen LogP contribution in [-0.4, -0.2) is 52.5 Å². The first-order valence-corrected chi connectivity index (χ1v) is 15.5. The summed E-state index contributed by atoms with van der Waals surface area (Å²) in [5.74, 6) is 0.574. The second kappa shape index (κ2) is 11.2. The van der Waals surface area contributed by atoms with Gasteiger partial charge in [-0.05, 0) is 74.9 Å². The maximum atomic E-state index is 13.2. The van der Waals surface area contributed by atoms with Crippen molar-refractivity contribution in [2.75, 3.05) is 23.7 Å². The molecule has 6 rings (SSSR count). The van der Waals surface area contributed by atoms with Gasteiger partial charge in [-0.2, -0.15) is 17.5 Å². The van der Waals surface area contributed by atoms with E-state index in [-0.39, 0.29) is 17.0 Å². The van der Waals surface area contributed by atoms with Gasteiger partial charge in [-0.3, -0.25) is 0 Å². The molecule has 0 spiro atoms. The normalized spacial score (nSPS) is 20.2. The molecule has 4 N–H and O–H groups in total. The molecular formula is C29H32F3N7O2S. The van der Waals surface area contributed by atoms with Crippen molar-refractivity contribution in [1.29, 1.82) is 0 Å². The fraction of sp³-hybridized carbons (Fsp3) is 0.379. The van der Waals surface area contributed by atoms with Crippen molar-refractivity contribution in [3.05, 3.63) is 66.4 Å². The van der Waals surface area contributed by atoms with Crippen LogP contribution in [0.2, 0.25) is 0 Å². The Kier molecular flexibility index (Phi) is 7.58. The van der Waals surface area contributed by atoms with E-state index in [2.05, 4.69) is 15.6 Å². The second-order valence-electron chi connectivity index (χ2n) is 10.9. The van der Waals surface area contributed by atoms with Gasteiger partial charge in [-0.1, -0.05) is 12.1 Å². The first-order valence-electron chi connectivity index (χ1n) is 14.0. The van der Waals surface area contributed by atoms with E-state index in [1.807, 2.05) is 6.07 Å². The van der Waals surface area contributed by atoms with E-state index < -0.39 is 21.8 Å². The van der Waals surface area contributed by atoms with Crippen LogP contribution in [0, 0.1) is 0 Å². The first kappa shape index (κ1) is 28.4. The van der Waals surface area contributed by atoms with E-state index in [1.165, 1.54) is 16.4 Å². The molecule has 2 aromatic carbocycles. The summed E-state index contributed by atoms with van der Waals surface area (Å²) in [7, 11) is -3.54. The van der Waals surface area contributed by atoms with Crippen molar-refractivity contribution in [3.63, 3.8) is 0 Å². The summed E-state index contributed by atoms with van der Waals surface area (Å²) in [5.41, 5.74) is 8.13. The highest BCUT2D eigenvalue weighted by Crippen LogP contribution is 2.33. The number of fused-ring (bicyclic) bond motifs is 1. The standard InChI is InChI=1S/C29H32F3N7O2S/c30-29(31,32)20-5-3-19(4-6-20)26-18-34-28-25(17-27(37-39(26)28)36-23-9-7-21(33)8-10-23)35-22-11-13-24(14-12-22)42(40,41)38-15-1-2-16-38/h3-6,11-14,17-18,21,23,35H,1-2,7-10,15-16,33H2,(H,36,37). The van der Waals surface area contributed by atoms with E-state index >= 15 is 0 Å². The number of sulfonamides is 1. The summed E-state index contributed by atoms with van der Waals surface area (Å²) in [5, 5.41) is 11.6. The number of hydrogen-bond acceptors (Lipinski definition) is 7. The second-order valence-corrected chi connectivity index (χ2v) is 12.9. The Balaban J connectivity index is 1.34. The largest absolute Gasteiger partial charge is 0.416 e. The first-order chi connectivity index (χ1) is 20.1. The van der Waals surface area contributed by atoms with Gasteiger partial charge in [-0.15, -0.1) is 5.10 Å². The number of nitrogens with one attached hydrogen (secondary N) is 2. The summed E-state index contributed by atoms with van der Waals surface area (Å²) in [6.45, 7) is 1.06. The van der Waals surface area contributed by atoms with E-state index in [0.717, 1.165) is 50.7 Å². The molecule has 0 radical (unpaired) electrons. The van der Waals surface area contributed by atoms with E-state index in [9.17, 15) is 21.6 Å². The summed E-state index contributed by atoms with van der Waals surface area (Å²) >= 11 is 0. The zero-order chi connectivity index (χ0) is 29.5. The van der Waals surface area contributed by atoms with Gasteiger partial charge in [0.1, 0.15) is 5.82 Å². The van der Waals surface area contributed by atoms with Crippen molar-refractivity contribution < 1.29 is 21.6 Å². The van der Waals surface area contributed by atoms with E-state index in [4.69, 9.17) is 10.8 Å². The van der Waals surface area contributed by atoms with Crippen LogP contribution < -0.4 is 16.4 Å². The molecule has 2 aliphatic rings. The highest BCUT2D eigenvalue weighted by Gasteiger charge is 2.30. The number of alkyl halides is 3. The molecule has 222 valence electrons. The molecule has 2 fully saturated rings. The van der Waals surface area contributed by atoms with Crippen LogP contribution in [0.15, 0.2) is 65.7 Å². The van der Waals surface area contributed by atoms with Gasteiger partial charge in [-0.25, -0.2) is 17.9 Å². The average molecular weight is 600 g/mol. The van der Waals surface area contributed by atoms with Gasteiger partial charge in [0.05, 0.1) is 28.0 Å². The molecule has 1 aliphatic heterocycles. The molecule has 42 heavy (non-hydrogen) atoms. The Morgan fingerprint density at radius 3 is 2.24 bits per heavy atom. The lowest BCUT2D eigenvalue weighted by molar-refractivity contribution is -0.137. The van der Waals surface area contributed by atoms with Crippen LogP contribution in [0.1, 0.15) is 44.1 Å². The lowest BCUT2D eigenvalue weighted by Gasteiger charge is -2.27. The zero-order valence-electron chi connectivity index (χ0n) is 22.8. The summed E-state index contributed by atoms with van der Waals surface area (Å²) < 4.78 is 68.5. The molecule has 0 unspecified atom stereocenters. The third-order valence-corrected chi connectivity index (χ3v) is 9.85. The Morgan fingerprint density at radius 1 is 0.929 bits per heavy atom. The molecule has 0 bridgehead atoms. The highest BCUT2D eigenvalue weighted by molar-refractivity contribution is 7.89. The number of rotatable bonds is 7. The molecule has 0 amide bonds. The van der Waals surface area contributed by atoms with Crippen molar-refractivity contribution in [2.45, 2.75) is 61.7 Å². The molecule has 1 saturated carbocycles. The van der Waals surface area contributed by atoms with Gasteiger partial charge in [0, 0.05) is 42.5 Å². The number of nitrogens with zero attached hydrogens (tertiary/aromatic N) is 4. The van der Waals surface area contributed by atoms with Crippen LogP contribution in [0.5, 0.6) is 0 Å². The van der Waals surface area contributed by atoms with Crippen LogP contribution in [0.3, 0.4) is 0 Å². The maximum Gasteiger partial charge on any atom is 0.416 e. The van der Waals surface area contributed by atoms with Gasteiger partial charge in [0.2, 0.25) is 10.0 Å². The lowest BCUT2D eigenvalue weighted by atomic mass is 9.92. The Hall–Kier alpha value is -3.68. The fourth-order valence-electron chi connectivity index (χ4n) is 5.57. The van der Waals surface area contributed by atoms with Crippen molar-refractivity contribution in [3.8, 4) is 11.3 Å². The number of benzene rings is 2. The van der Waals surface area contributed by atoms with Crippen molar-refractivity contribution in [1.82, 2.24) is 18.9 Å². The Morgan fingerprint density at radius 2 is 1.60 bits per heavy atom. The van der Waals surface area contributed by atoms with Crippen LogP contribution >= 0.6 is 0 Å². The highest BCUT2D eigenvalue weighted by atomic mass is 32.2. The predicted octanol–water partition coefficient (Wildman–Crippen LogP) is 5.63. The van der Waals surface area contributed by atoms with Gasteiger partial charge < -0.3 is 16.4 Å². The number of imidazole rings is 1. The predicted molar refractivity (Wildman–Crippen MR) is 155 cm³/mol.